The third kappa shape index (κ3) is 4.65. The summed E-state index contributed by atoms with van der Waals surface area (Å²) < 4.78 is 12.8. The van der Waals surface area contributed by atoms with E-state index in [1.165, 1.54) is 16.3 Å². The fraction of sp³-hybridized carbons (Fsp3) is 0.115. The Balaban J connectivity index is 1.57. The first-order valence-electron chi connectivity index (χ1n) is 9.72. The molecule has 0 aliphatic heterocycles. The van der Waals surface area contributed by atoms with Crippen molar-refractivity contribution in [1.82, 2.24) is 0 Å². The smallest absolute Gasteiger partial charge is 0.174 e. The Morgan fingerprint density at radius 3 is 2.50 bits per heavy atom. The number of rotatable bonds is 6. The van der Waals surface area contributed by atoms with E-state index in [0.29, 0.717) is 12.4 Å². The summed E-state index contributed by atoms with van der Waals surface area (Å²) in [7, 11) is 1.66. The molecule has 0 saturated heterocycles. The van der Waals surface area contributed by atoms with Crippen molar-refractivity contribution in [2.45, 2.75) is 13.5 Å². The first kappa shape index (κ1) is 20.4. The highest BCUT2D eigenvalue weighted by Crippen LogP contribution is 2.35. The summed E-state index contributed by atoms with van der Waals surface area (Å²) in [5.41, 5.74) is 4.26. The molecule has 0 heterocycles. The van der Waals surface area contributed by atoms with Gasteiger partial charge in [-0.05, 0) is 75.7 Å². The monoisotopic (exact) mass is 507 g/mol. The van der Waals surface area contributed by atoms with Gasteiger partial charge >= 0.3 is 0 Å². The molecule has 150 valence electrons. The fourth-order valence-corrected chi connectivity index (χ4v) is 4.08. The summed E-state index contributed by atoms with van der Waals surface area (Å²) in [4.78, 5) is 4.57. The van der Waals surface area contributed by atoms with Crippen LogP contribution in [0.4, 0.5) is 5.69 Å². The molecular weight excluding hydrogens is 485 g/mol. The minimum Gasteiger partial charge on any atom is -0.493 e. The highest BCUT2D eigenvalue weighted by Gasteiger charge is 2.12. The molecule has 0 aliphatic carbocycles. The van der Waals surface area contributed by atoms with Crippen molar-refractivity contribution in [2.24, 2.45) is 4.99 Å². The van der Waals surface area contributed by atoms with Gasteiger partial charge in [0.05, 0.1) is 16.4 Å². The topological polar surface area (TPSA) is 30.8 Å². The third-order valence-electron chi connectivity index (χ3n) is 4.90. The van der Waals surface area contributed by atoms with Gasteiger partial charge in [-0.1, -0.05) is 60.2 Å². The molecule has 0 amide bonds. The van der Waals surface area contributed by atoms with E-state index in [9.17, 15) is 0 Å². The number of fused-ring (bicyclic) bond motifs is 1. The van der Waals surface area contributed by atoms with Crippen molar-refractivity contribution >= 4 is 45.3 Å². The summed E-state index contributed by atoms with van der Waals surface area (Å²) in [6, 6.07) is 26.8. The summed E-state index contributed by atoms with van der Waals surface area (Å²) >= 11 is 2.29. The molecule has 0 saturated carbocycles. The van der Waals surface area contributed by atoms with Crippen LogP contribution in [0.5, 0.6) is 11.5 Å². The van der Waals surface area contributed by atoms with Crippen LogP contribution in [0.2, 0.25) is 0 Å². The molecule has 0 aliphatic rings. The zero-order chi connectivity index (χ0) is 20.9. The van der Waals surface area contributed by atoms with Crippen molar-refractivity contribution < 1.29 is 9.47 Å². The maximum Gasteiger partial charge on any atom is 0.174 e. The standard InChI is InChI=1S/C26H22INO2/c1-18-10-12-22(13-11-18)28-16-19-14-24(27)26(25(15-19)29-2)30-17-21-8-5-7-20-6-3-4-9-23(20)21/h3-16H,17H2,1-2H3. The number of nitrogens with zero attached hydrogens (tertiary/aromatic N) is 1. The van der Waals surface area contributed by atoms with Crippen LogP contribution in [-0.2, 0) is 6.61 Å². The largest absolute Gasteiger partial charge is 0.493 e. The van der Waals surface area contributed by atoms with Gasteiger partial charge in [-0.15, -0.1) is 0 Å². The number of aryl methyl sites for hydroxylation is 1. The van der Waals surface area contributed by atoms with Gasteiger partial charge in [0.15, 0.2) is 11.5 Å². The molecule has 0 aromatic heterocycles. The van der Waals surface area contributed by atoms with Gasteiger partial charge < -0.3 is 9.47 Å². The van der Waals surface area contributed by atoms with Crippen LogP contribution in [0.15, 0.2) is 83.9 Å². The summed E-state index contributed by atoms with van der Waals surface area (Å²) in [6.45, 7) is 2.54. The van der Waals surface area contributed by atoms with E-state index in [4.69, 9.17) is 9.47 Å². The molecule has 0 atom stereocenters. The molecule has 30 heavy (non-hydrogen) atoms. The van der Waals surface area contributed by atoms with Gasteiger partial charge in [-0.2, -0.15) is 0 Å². The molecule has 0 fully saturated rings. The predicted octanol–water partition coefficient (Wildman–Crippen LogP) is 7.09. The molecule has 3 nitrogen and oxygen atoms in total. The Morgan fingerprint density at radius 2 is 1.70 bits per heavy atom. The lowest BCUT2D eigenvalue weighted by atomic mass is 10.1. The second-order valence-electron chi connectivity index (χ2n) is 7.05. The van der Waals surface area contributed by atoms with Gasteiger partial charge in [0.1, 0.15) is 6.61 Å². The van der Waals surface area contributed by atoms with Crippen LogP contribution in [0.25, 0.3) is 10.8 Å². The van der Waals surface area contributed by atoms with E-state index in [1.54, 1.807) is 7.11 Å². The lowest BCUT2D eigenvalue weighted by Gasteiger charge is -2.14. The predicted molar refractivity (Wildman–Crippen MR) is 132 cm³/mol. The molecular formula is C26H22INO2. The number of ether oxygens (including phenoxy) is 2. The van der Waals surface area contributed by atoms with E-state index in [2.05, 4.69) is 95.2 Å². The van der Waals surface area contributed by atoms with Gasteiger partial charge in [0.25, 0.3) is 0 Å². The normalized spacial score (nSPS) is 11.2. The zero-order valence-electron chi connectivity index (χ0n) is 16.9. The highest BCUT2D eigenvalue weighted by molar-refractivity contribution is 14.1. The second kappa shape index (κ2) is 9.30. The van der Waals surface area contributed by atoms with Gasteiger partial charge in [-0.25, -0.2) is 0 Å². The van der Waals surface area contributed by atoms with Crippen molar-refractivity contribution in [3.05, 3.63) is 99.1 Å². The third-order valence-corrected chi connectivity index (χ3v) is 5.70. The number of hydrogen-bond donors (Lipinski definition) is 0. The van der Waals surface area contributed by atoms with E-state index in [-0.39, 0.29) is 0 Å². The van der Waals surface area contributed by atoms with Crippen LogP contribution in [0.1, 0.15) is 16.7 Å². The Labute approximate surface area is 190 Å². The van der Waals surface area contributed by atoms with Crippen LogP contribution in [-0.4, -0.2) is 13.3 Å². The second-order valence-corrected chi connectivity index (χ2v) is 8.22. The Hall–Kier alpha value is -2.86. The maximum atomic E-state index is 6.21. The molecule has 0 spiro atoms. The SMILES string of the molecule is COc1cc(C=Nc2ccc(C)cc2)cc(I)c1OCc1cccc2ccccc12. The van der Waals surface area contributed by atoms with Crippen molar-refractivity contribution in [3.63, 3.8) is 0 Å². The fourth-order valence-electron chi connectivity index (χ4n) is 3.30. The number of methoxy groups -OCH3 is 1. The van der Waals surface area contributed by atoms with Crippen molar-refractivity contribution in [2.75, 3.05) is 7.11 Å². The molecule has 4 aromatic carbocycles. The van der Waals surface area contributed by atoms with E-state index in [0.717, 1.165) is 26.1 Å². The van der Waals surface area contributed by atoms with Gasteiger partial charge in [0, 0.05) is 6.21 Å². The summed E-state index contributed by atoms with van der Waals surface area (Å²) in [5.74, 6) is 1.45. The zero-order valence-corrected chi connectivity index (χ0v) is 19.1. The van der Waals surface area contributed by atoms with Crippen LogP contribution < -0.4 is 9.47 Å². The highest BCUT2D eigenvalue weighted by atomic mass is 127. The Morgan fingerprint density at radius 1 is 0.933 bits per heavy atom. The average Bonchev–Trinajstić information content (AvgIpc) is 2.77. The molecule has 0 N–H and O–H groups in total. The molecule has 0 radical (unpaired) electrons. The average molecular weight is 507 g/mol. The van der Waals surface area contributed by atoms with Gasteiger partial charge in [-0.3, -0.25) is 4.99 Å². The van der Waals surface area contributed by atoms with Crippen molar-refractivity contribution in [1.29, 1.82) is 0 Å². The molecule has 0 unspecified atom stereocenters. The van der Waals surface area contributed by atoms with Gasteiger partial charge in [0.2, 0.25) is 0 Å². The minimum absolute atomic E-state index is 0.477. The quantitative estimate of drug-likeness (QED) is 0.206. The molecule has 4 aromatic rings. The van der Waals surface area contributed by atoms with E-state index in [1.807, 2.05) is 24.4 Å². The van der Waals surface area contributed by atoms with Crippen LogP contribution in [0.3, 0.4) is 0 Å². The summed E-state index contributed by atoms with van der Waals surface area (Å²) in [6.07, 6.45) is 1.85. The number of halogens is 1. The first-order valence-corrected chi connectivity index (χ1v) is 10.8. The Kier molecular flexibility index (Phi) is 6.33. The molecule has 4 heteroatoms. The number of hydrogen-bond acceptors (Lipinski definition) is 3. The molecule has 4 rings (SSSR count). The minimum atomic E-state index is 0.477. The number of benzene rings is 4. The lowest BCUT2D eigenvalue weighted by Crippen LogP contribution is -2.01. The Bertz CT molecular complexity index is 1190. The lowest BCUT2D eigenvalue weighted by molar-refractivity contribution is 0.283. The van der Waals surface area contributed by atoms with E-state index >= 15 is 0 Å². The summed E-state index contributed by atoms with van der Waals surface area (Å²) in [5, 5.41) is 2.42. The van der Waals surface area contributed by atoms with Crippen LogP contribution in [0, 0.1) is 10.5 Å². The van der Waals surface area contributed by atoms with E-state index < -0.39 is 0 Å². The van der Waals surface area contributed by atoms with Crippen LogP contribution >= 0.6 is 22.6 Å². The first-order chi connectivity index (χ1) is 14.6. The maximum absolute atomic E-state index is 6.21. The number of aliphatic imine (C=N–C) groups is 1. The van der Waals surface area contributed by atoms with Crippen molar-refractivity contribution in [3.8, 4) is 11.5 Å². The molecule has 0 bridgehead atoms.